The molecule has 0 saturated heterocycles. The van der Waals surface area contributed by atoms with E-state index in [9.17, 15) is 0 Å². The molecule has 31 heavy (non-hydrogen) atoms. The summed E-state index contributed by atoms with van der Waals surface area (Å²) in [7, 11) is 0. The number of anilines is 1. The standard InChI is InChI=1S/C29H30N2/c30-22-4-1-16(2-5-22)17-3-7-24-25-8-6-23(31)13-27(25)29(26(24)9-17)20-11-18-10-19-12-21(29)15-28(18,19)14-20/h1-5,7,9,13,18-21H,6,8,10-12,14-15,30-31H2. The van der Waals surface area contributed by atoms with Gasteiger partial charge in [-0.05, 0) is 132 Å². The van der Waals surface area contributed by atoms with Crippen LogP contribution in [0.15, 0.2) is 59.8 Å². The molecular formula is C29H30N2. The van der Waals surface area contributed by atoms with Crippen molar-refractivity contribution in [2.24, 2.45) is 34.8 Å². The van der Waals surface area contributed by atoms with Crippen molar-refractivity contribution < 1.29 is 0 Å². The van der Waals surface area contributed by atoms with E-state index >= 15 is 0 Å². The molecule has 2 heteroatoms. The van der Waals surface area contributed by atoms with Gasteiger partial charge in [0.25, 0.3) is 0 Å². The molecule has 0 amide bonds. The molecule has 6 aliphatic rings. The van der Waals surface area contributed by atoms with Crippen LogP contribution in [0.1, 0.15) is 56.1 Å². The van der Waals surface area contributed by atoms with Crippen LogP contribution < -0.4 is 11.5 Å². The molecule has 4 saturated carbocycles. The fourth-order valence-corrected chi connectivity index (χ4v) is 9.62. The van der Waals surface area contributed by atoms with Gasteiger partial charge in [-0.3, -0.25) is 0 Å². The van der Waals surface area contributed by atoms with Crippen molar-refractivity contribution in [3.05, 3.63) is 70.9 Å². The molecule has 6 aliphatic carbocycles. The molecule has 0 aromatic heterocycles. The fraction of sp³-hybridized carbons (Fsp3) is 0.448. The average molecular weight is 407 g/mol. The van der Waals surface area contributed by atoms with Crippen LogP contribution in [-0.4, -0.2) is 0 Å². The van der Waals surface area contributed by atoms with Gasteiger partial charge in [0.1, 0.15) is 0 Å². The van der Waals surface area contributed by atoms with Crippen LogP contribution in [0.25, 0.3) is 16.7 Å². The van der Waals surface area contributed by atoms with Crippen LogP contribution in [0.5, 0.6) is 0 Å². The van der Waals surface area contributed by atoms with Gasteiger partial charge in [-0.15, -0.1) is 0 Å². The molecule has 2 aromatic carbocycles. The highest BCUT2D eigenvalue weighted by Crippen LogP contribution is 2.82. The molecule has 4 N–H and O–H groups in total. The van der Waals surface area contributed by atoms with Gasteiger partial charge >= 0.3 is 0 Å². The van der Waals surface area contributed by atoms with Crippen LogP contribution in [-0.2, 0) is 5.41 Å². The summed E-state index contributed by atoms with van der Waals surface area (Å²) < 4.78 is 0. The van der Waals surface area contributed by atoms with Crippen LogP contribution in [0.2, 0.25) is 0 Å². The number of rotatable bonds is 1. The Kier molecular flexibility index (Phi) is 2.92. The number of allylic oxidation sites excluding steroid dienone is 4. The van der Waals surface area contributed by atoms with E-state index < -0.39 is 0 Å². The van der Waals surface area contributed by atoms with Crippen molar-refractivity contribution in [1.82, 2.24) is 0 Å². The normalized spacial score (nSPS) is 40.6. The minimum atomic E-state index is 0.215. The lowest BCUT2D eigenvalue weighted by Gasteiger charge is -2.51. The number of hydrogen-bond acceptors (Lipinski definition) is 2. The first-order valence-electron chi connectivity index (χ1n) is 12.3. The van der Waals surface area contributed by atoms with Crippen LogP contribution in [0, 0.1) is 29.1 Å². The number of nitrogens with two attached hydrogens (primary N) is 2. The van der Waals surface area contributed by atoms with E-state index in [4.69, 9.17) is 11.5 Å². The molecule has 4 atom stereocenters. The third-order valence-electron chi connectivity index (χ3n) is 10.7. The summed E-state index contributed by atoms with van der Waals surface area (Å²) >= 11 is 0. The summed E-state index contributed by atoms with van der Waals surface area (Å²) in [6.45, 7) is 0. The predicted molar refractivity (Wildman–Crippen MR) is 126 cm³/mol. The van der Waals surface area contributed by atoms with Crippen molar-refractivity contribution in [2.75, 3.05) is 5.73 Å². The Morgan fingerprint density at radius 1 is 0.742 bits per heavy atom. The zero-order valence-corrected chi connectivity index (χ0v) is 18.0. The van der Waals surface area contributed by atoms with Gasteiger partial charge < -0.3 is 11.5 Å². The van der Waals surface area contributed by atoms with Crippen LogP contribution >= 0.6 is 0 Å². The second-order valence-electron chi connectivity index (χ2n) is 11.5. The smallest absolute Gasteiger partial charge is 0.0314 e. The Morgan fingerprint density at radius 2 is 1.42 bits per heavy atom. The second kappa shape index (κ2) is 5.28. The van der Waals surface area contributed by atoms with E-state index in [1.165, 1.54) is 48.8 Å². The van der Waals surface area contributed by atoms with Gasteiger partial charge in [-0.25, -0.2) is 0 Å². The van der Waals surface area contributed by atoms with E-state index in [0.717, 1.165) is 53.3 Å². The Labute approximate surface area is 184 Å². The third-order valence-corrected chi connectivity index (χ3v) is 10.7. The zero-order chi connectivity index (χ0) is 20.5. The Bertz CT molecular complexity index is 1190. The number of benzene rings is 2. The van der Waals surface area contributed by atoms with Gasteiger partial charge in [0.2, 0.25) is 0 Å². The van der Waals surface area contributed by atoms with Crippen molar-refractivity contribution >= 4 is 11.3 Å². The Hall–Kier alpha value is -2.48. The van der Waals surface area contributed by atoms with E-state index in [1.54, 1.807) is 16.7 Å². The number of nitrogen functional groups attached to an aromatic ring is 1. The summed E-state index contributed by atoms with van der Waals surface area (Å²) in [4.78, 5) is 0. The summed E-state index contributed by atoms with van der Waals surface area (Å²) in [5, 5.41) is 0. The molecule has 0 radical (unpaired) electrons. The summed E-state index contributed by atoms with van der Waals surface area (Å²) in [6, 6.07) is 15.8. The molecule has 3 bridgehead atoms. The highest BCUT2D eigenvalue weighted by atomic mass is 14.8. The topological polar surface area (TPSA) is 52.0 Å². The molecule has 4 unspecified atom stereocenters. The van der Waals surface area contributed by atoms with Crippen molar-refractivity contribution in [1.29, 1.82) is 0 Å². The SMILES string of the molecule is NC1=CC2=C(CC1)c1ccc(-c3ccc(N)cc3)cc1C21C2CC3CC4CC1CC34C2. The molecule has 0 heterocycles. The largest absolute Gasteiger partial charge is 0.402 e. The van der Waals surface area contributed by atoms with Gasteiger partial charge in [-0.1, -0.05) is 24.3 Å². The maximum atomic E-state index is 6.50. The van der Waals surface area contributed by atoms with Gasteiger partial charge in [0.15, 0.2) is 0 Å². The van der Waals surface area contributed by atoms with Crippen LogP contribution in [0.4, 0.5) is 5.69 Å². The van der Waals surface area contributed by atoms with E-state index in [-0.39, 0.29) is 5.41 Å². The molecule has 8 rings (SSSR count). The lowest BCUT2D eigenvalue weighted by atomic mass is 9.53. The monoisotopic (exact) mass is 406 g/mol. The number of fused-ring (bicyclic) bond motifs is 8. The number of hydrogen-bond donors (Lipinski definition) is 2. The highest BCUT2D eigenvalue weighted by molar-refractivity contribution is 5.86. The zero-order valence-electron chi connectivity index (χ0n) is 18.0. The minimum absolute atomic E-state index is 0.215. The molecule has 156 valence electrons. The third kappa shape index (κ3) is 1.81. The van der Waals surface area contributed by atoms with E-state index in [1.807, 2.05) is 12.1 Å². The molecular weight excluding hydrogens is 376 g/mol. The Balaban J connectivity index is 1.38. The Morgan fingerprint density at radius 3 is 2.16 bits per heavy atom. The van der Waals surface area contributed by atoms with Crippen molar-refractivity contribution in [3.8, 4) is 11.1 Å². The van der Waals surface area contributed by atoms with E-state index in [0.29, 0.717) is 0 Å². The van der Waals surface area contributed by atoms with Gasteiger partial charge in [-0.2, -0.15) is 0 Å². The maximum Gasteiger partial charge on any atom is 0.0314 e. The lowest BCUT2D eigenvalue weighted by molar-refractivity contribution is -0.00193. The minimum Gasteiger partial charge on any atom is -0.402 e. The summed E-state index contributed by atoms with van der Waals surface area (Å²) in [6.07, 6.45) is 11.9. The van der Waals surface area contributed by atoms with E-state index in [2.05, 4.69) is 36.4 Å². The predicted octanol–water partition coefficient (Wildman–Crippen LogP) is 6.03. The van der Waals surface area contributed by atoms with Crippen LogP contribution in [0.3, 0.4) is 0 Å². The lowest BCUT2D eigenvalue weighted by Crippen LogP contribution is -2.45. The second-order valence-corrected chi connectivity index (χ2v) is 11.5. The maximum absolute atomic E-state index is 6.50. The summed E-state index contributed by atoms with van der Waals surface area (Å²) in [5.74, 6) is 3.62. The first kappa shape index (κ1) is 17.1. The first-order chi connectivity index (χ1) is 15.1. The van der Waals surface area contributed by atoms with Crippen molar-refractivity contribution in [2.45, 2.75) is 50.4 Å². The van der Waals surface area contributed by atoms with Gasteiger partial charge in [0, 0.05) is 16.8 Å². The molecule has 2 spiro atoms. The average Bonchev–Trinajstić information content (AvgIpc) is 3.29. The summed E-state index contributed by atoms with van der Waals surface area (Å²) in [5.41, 5.74) is 24.4. The van der Waals surface area contributed by atoms with Gasteiger partial charge in [0.05, 0.1) is 0 Å². The van der Waals surface area contributed by atoms with Crippen molar-refractivity contribution in [3.63, 3.8) is 0 Å². The first-order valence-corrected chi connectivity index (χ1v) is 12.3. The molecule has 2 nitrogen and oxygen atoms in total. The molecule has 4 fully saturated rings. The molecule has 2 aromatic rings. The highest BCUT2D eigenvalue weighted by Gasteiger charge is 2.74. The fourth-order valence-electron chi connectivity index (χ4n) is 9.62. The molecule has 0 aliphatic heterocycles. The quantitative estimate of drug-likeness (QED) is 0.568.